The van der Waals surface area contributed by atoms with E-state index in [9.17, 15) is 0 Å². The molecule has 0 unspecified atom stereocenters. The van der Waals surface area contributed by atoms with Gasteiger partial charge in [-0.05, 0) is 26.1 Å². The smallest absolute Gasteiger partial charge is 0.132 e. The number of aromatic nitrogens is 1. The first-order valence-electron chi connectivity index (χ1n) is 6.44. The third kappa shape index (κ3) is 4.83. The van der Waals surface area contributed by atoms with Crippen molar-refractivity contribution in [1.82, 2.24) is 9.88 Å². The number of anilines is 1. The molecule has 1 aromatic rings. The molecule has 3 nitrogen and oxygen atoms in total. The predicted octanol–water partition coefficient (Wildman–Crippen LogP) is 2.84. The van der Waals surface area contributed by atoms with Crippen LogP contribution in [0.1, 0.15) is 19.4 Å². The first-order chi connectivity index (χ1) is 8.54. The first kappa shape index (κ1) is 15.3. The van der Waals surface area contributed by atoms with Gasteiger partial charge in [0.05, 0.1) is 5.88 Å². The molecule has 0 fully saturated rings. The van der Waals surface area contributed by atoms with E-state index in [1.807, 2.05) is 12.3 Å². The Kier molecular flexibility index (Phi) is 6.44. The van der Waals surface area contributed by atoms with Crippen LogP contribution in [-0.2, 0) is 5.88 Å². The Morgan fingerprint density at radius 2 is 2.00 bits per heavy atom. The summed E-state index contributed by atoms with van der Waals surface area (Å²) in [6, 6.07) is 4.00. The van der Waals surface area contributed by atoms with E-state index in [2.05, 4.69) is 48.8 Å². The van der Waals surface area contributed by atoms with Gasteiger partial charge < -0.3 is 9.80 Å². The molecule has 0 radical (unpaired) electrons. The van der Waals surface area contributed by atoms with Crippen LogP contribution in [0.2, 0.25) is 0 Å². The van der Waals surface area contributed by atoms with Gasteiger partial charge in [-0.25, -0.2) is 4.98 Å². The average Bonchev–Trinajstić information content (AvgIpc) is 2.33. The Balaban J connectivity index is 2.86. The number of rotatable bonds is 7. The molecule has 0 atom stereocenters. The maximum absolute atomic E-state index is 6.00. The quantitative estimate of drug-likeness (QED) is 0.710. The minimum atomic E-state index is 0.514. The molecule has 0 aliphatic carbocycles. The molecule has 1 aromatic heterocycles. The van der Waals surface area contributed by atoms with Crippen molar-refractivity contribution in [1.29, 1.82) is 0 Å². The first-order valence-corrected chi connectivity index (χ1v) is 6.97. The Hall–Kier alpha value is -0.800. The Labute approximate surface area is 116 Å². The number of pyridine rings is 1. The molecule has 0 bridgehead atoms. The molecule has 0 spiro atoms. The van der Waals surface area contributed by atoms with Crippen molar-refractivity contribution in [3.8, 4) is 0 Å². The lowest BCUT2D eigenvalue weighted by molar-refractivity contribution is 0.408. The monoisotopic (exact) mass is 269 g/mol. The second-order valence-electron chi connectivity index (χ2n) is 5.26. The summed E-state index contributed by atoms with van der Waals surface area (Å²) in [4.78, 5) is 9.03. The van der Waals surface area contributed by atoms with Crippen molar-refractivity contribution in [2.24, 2.45) is 5.92 Å². The summed E-state index contributed by atoms with van der Waals surface area (Å²) < 4.78 is 0. The Morgan fingerprint density at radius 1 is 1.28 bits per heavy atom. The summed E-state index contributed by atoms with van der Waals surface area (Å²) in [6.07, 6.45) is 1.84. The standard InChI is InChI=1S/C14H24ClN3/c1-12(2)11-18(9-8-17(3)4)14-13(10-15)6-5-7-16-14/h5-7,12H,8-11H2,1-4H3. The molecule has 1 heterocycles. The number of nitrogens with zero attached hydrogens (tertiary/aromatic N) is 3. The second-order valence-corrected chi connectivity index (χ2v) is 5.53. The zero-order chi connectivity index (χ0) is 13.5. The third-order valence-electron chi connectivity index (χ3n) is 2.71. The normalized spacial score (nSPS) is 11.3. The fourth-order valence-corrected chi connectivity index (χ4v) is 2.07. The molecule has 0 N–H and O–H groups in total. The summed E-state index contributed by atoms with van der Waals surface area (Å²) in [6.45, 7) is 7.46. The summed E-state index contributed by atoms with van der Waals surface area (Å²) in [5, 5.41) is 0. The molecule has 0 saturated heterocycles. The zero-order valence-electron chi connectivity index (χ0n) is 11.9. The lowest BCUT2D eigenvalue weighted by Gasteiger charge is -2.28. The van der Waals surface area contributed by atoms with Crippen LogP contribution in [0.25, 0.3) is 0 Å². The van der Waals surface area contributed by atoms with E-state index < -0.39 is 0 Å². The fourth-order valence-electron chi connectivity index (χ4n) is 1.86. The van der Waals surface area contributed by atoms with E-state index in [1.54, 1.807) is 0 Å². The topological polar surface area (TPSA) is 19.4 Å². The van der Waals surface area contributed by atoms with E-state index in [1.165, 1.54) is 0 Å². The molecule has 0 saturated carbocycles. The molecule has 4 heteroatoms. The average molecular weight is 270 g/mol. The summed E-state index contributed by atoms with van der Waals surface area (Å²) >= 11 is 6.00. The van der Waals surface area contributed by atoms with Crippen LogP contribution in [-0.4, -0.2) is 43.6 Å². The van der Waals surface area contributed by atoms with Crippen LogP contribution in [0.15, 0.2) is 18.3 Å². The zero-order valence-corrected chi connectivity index (χ0v) is 12.6. The van der Waals surface area contributed by atoms with Crippen molar-refractivity contribution in [3.63, 3.8) is 0 Å². The highest BCUT2D eigenvalue weighted by Gasteiger charge is 2.13. The Morgan fingerprint density at radius 3 is 2.56 bits per heavy atom. The van der Waals surface area contributed by atoms with Crippen LogP contribution in [0.5, 0.6) is 0 Å². The SMILES string of the molecule is CC(C)CN(CCN(C)C)c1ncccc1CCl. The lowest BCUT2D eigenvalue weighted by atomic mass is 10.2. The fraction of sp³-hybridized carbons (Fsp3) is 0.643. The second kappa shape index (κ2) is 7.59. The third-order valence-corrected chi connectivity index (χ3v) is 3.00. The van der Waals surface area contributed by atoms with Gasteiger partial charge in [0.2, 0.25) is 0 Å². The molecule has 18 heavy (non-hydrogen) atoms. The number of likely N-dealkylation sites (N-methyl/N-ethyl adjacent to an activating group) is 1. The van der Waals surface area contributed by atoms with Gasteiger partial charge in [-0.15, -0.1) is 11.6 Å². The highest BCUT2D eigenvalue weighted by atomic mass is 35.5. The van der Waals surface area contributed by atoms with Crippen LogP contribution in [0.4, 0.5) is 5.82 Å². The molecular weight excluding hydrogens is 246 g/mol. The van der Waals surface area contributed by atoms with Gasteiger partial charge in [-0.1, -0.05) is 19.9 Å². The number of hydrogen-bond donors (Lipinski definition) is 0. The molecule has 102 valence electrons. The van der Waals surface area contributed by atoms with Gasteiger partial charge >= 0.3 is 0 Å². The van der Waals surface area contributed by atoms with Crippen LogP contribution in [0.3, 0.4) is 0 Å². The largest absolute Gasteiger partial charge is 0.355 e. The van der Waals surface area contributed by atoms with Crippen LogP contribution in [0, 0.1) is 5.92 Å². The van der Waals surface area contributed by atoms with Crippen LogP contribution < -0.4 is 4.90 Å². The molecule has 0 amide bonds. The lowest BCUT2D eigenvalue weighted by Crippen LogP contribution is -2.35. The van der Waals surface area contributed by atoms with Crippen LogP contribution >= 0.6 is 11.6 Å². The van der Waals surface area contributed by atoms with E-state index in [0.717, 1.165) is 31.0 Å². The predicted molar refractivity (Wildman–Crippen MR) is 79.4 cm³/mol. The summed E-state index contributed by atoms with van der Waals surface area (Å²) in [5.74, 6) is 2.15. The van der Waals surface area contributed by atoms with Gasteiger partial charge in [0.15, 0.2) is 0 Å². The minimum absolute atomic E-state index is 0.514. The van der Waals surface area contributed by atoms with Gasteiger partial charge in [-0.2, -0.15) is 0 Å². The molecular formula is C14H24ClN3. The van der Waals surface area contributed by atoms with Crippen molar-refractivity contribution in [3.05, 3.63) is 23.9 Å². The molecule has 0 aromatic carbocycles. The van der Waals surface area contributed by atoms with Crippen molar-refractivity contribution < 1.29 is 0 Å². The Bertz CT molecular complexity index is 353. The number of hydrogen-bond acceptors (Lipinski definition) is 3. The van der Waals surface area contributed by atoms with Crippen molar-refractivity contribution >= 4 is 17.4 Å². The van der Waals surface area contributed by atoms with Crippen molar-refractivity contribution in [2.45, 2.75) is 19.7 Å². The van der Waals surface area contributed by atoms with Gasteiger partial charge in [0, 0.05) is 31.4 Å². The van der Waals surface area contributed by atoms with E-state index >= 15 is 0 Å². The van der Waals surface area contributed by atoms with E-state index in [0.29, 0.717) is 11.8 Å². The number of alkyl halides is 1. The maximum Gasteiger partial charge on any atom is 0.132 e. The van der Waals surface area contributed by atoms with Gasteiger partial charge in [0.1, 0.15) is 5.82 Å². The highest BCUT2D eigenvalue weighted by molar-refractivity contribution is 6.17. The van der Waals surface area contributed by atoms with E-state index in [-0.39, 0.29) is 0 Å². The summed E-state index contributed by atoms with van der Waals surface area (Å²) in [7, 11) is 4.18. The maximum atomic E-state index is 6.00. The number of halogens is 1. The minimum Gasteiger partial charge on any atom is -0.355 e. The van der Waals surface area contributed by atoms with Gasteiger partial charge in [0.25, 0.3) is 0 Å². The van der Waals surface area contributed by atoms with Crippen molar-refractivity contribution in [2.75, 3.05) is 38.6 Å². The summed E-state index contributed by atoms with van der Waals surface area (Å²) in [5.41, 5.74) is 1.11. The van der Waals surface area contributed by atoms with E-state index in [4.69, 9.17) is 11.6 Å². The molecule has 0 aliphatic heterocycles. The molecule has 1 rings (SSSR count). The van der Waals surface area contributed by atoms with Gasteiger partial charge in [-0.3, -0.25) is 0 Å². The molecule has 0 aliphatic rings. The highest BCUT2D eigenvalue weighted by Crippen LogP contribution is 2.20.